The number of aryl methyl sites for hydroxylation is 1. The van der Waals surface area contributed by atoms with Crippen molar-refractivity contribution < 1.29 is 8.42 Å². The molecule has 0 aliphatic rings. The van der Waals surface area contributed by atoms with Gasteiger partial charge in [-0.25, -0.2) is 8.42 Å². The van der Waals surface area contributed by atoms with E-state index in [1.807, 2.05) is 19.0 Å². The lowest BCUT2D eigenvalue weighted by Crippen LogP contribution is -2.34. The Morgan fingerprint density at radius 1 is 1.28 bits per heavy atom. The zero-order valence-corrected chi connectivity index (χ0v) is 12.6. The summed E-state index contributed by atoms with van der Waals surface area (Å²) < 4.78 is 26.1. The van der Waals surface area contributed by atoms with Crippen LogP contribution in [0.2, 0.25) is 0 Å². The molecule has 18 heavy (non-hydrogen) atoms. The summed E-state index contributed by atoms with van der Waals surface area (Å²) in [4.78, 5) is 2.12. The third-order valence-electron chi connectivity index (χ3n) is 2.62. The average molecular weight is 295 g/mol. The van der Waals surface area contributed by atoms with Gasteiger partial charge in [0.15, 0.2) is 0 Å². The van der Waals surface area contributed by atoms with Crippen molar-refractivity contribution in [3.63, 3.8) is 0 Å². The molecule has 8 heteroatoms. The van der Waals surface area contributed by atoms with Gasteiger partial charge in [-0.1, -0.05) is 0 Å². The number of hydrogen-bond acceptors (Lipinski definition) is 4. The molecule has 0 aromatic carbocycles. The second kappa shape index (κ2) is 6.01. The van der Waals surface area contributed by atoms with Crippen molar-refractivity contribution in [2.24, 2.45) is 0 Å². The molecule has 0 aliphatic heterocycles. The topological polar surface area (TPSA) is 69.3 Å². The van der Waals surface area contributed by atoms with Crippen molar-refractivity contribution >= 4 is 21.6 Å². The fraction of sp³-hybridized carbons (Fsp3) is 0.700. The number of aromatic nitrogens is 2. The van der Waals surface area contributed by atoms with Crippen LogP contribution < -0.4 is 0 Å². The first-order valence-corrected chi connectivity index (χ1v) is 7.49. The zero-order valence-electron chi connectivity index (χ0n) is 11.1. The largest absolute Gasteiger partial charge is 0.308 e. The second-order valence-corrected chi connectivity index (χ2v) is 6.64. The number of alkyl halides is 1. The van der Waals surface area contributed by atoms with Crippen molar-refractivity contribution in [2.75, 3.05) is 34.2 Å². The standard InChI is InChI=1S/C10H19ClN4O2S/c1-8-10(9(7-11)13-12-8)18(16,17)15(4)6-5-14(2)3/h5-7H2,1-4H3,(H,12,13). The summed E-state index contributed by atoms with van der Waals surface area (Å²) in [6, 6.07) is 0. The third kappa shape index (κ3) is 3.23. The molecule has 0 spiro atoms. The lowest BCUT2D eigenvalue weighted by atomic mass is 10.4. The van der Waals surface area contributed by atoms with Gasteiger partial charge in [0, 0.05) is 20.1 Å². The molecule has 0 bridgehead atoms. The first kappa shape index (κ1) is 15.4. The highest BCUT2D eigenvalue weighted by atomic mass is 35.5. The van der Waals surface area contributed by atoms with E-state index in [1.165, 1.54) is 4.31 Å². The van der Waals surface area contributed by atoms with Crippen LogP contribution >= 0.6 is 11.6 Å². The van der Waals surface area contributed by atoms with Gasteiger partial charge in [0.05, 0.1) is 17.3 Å². The van der Waals surface area contributed by atoms with Crippen LogP contribution in [0.4, 0.5) is 0 Å². The van der Waals surface area contributed by atoms with Crippen LogP contribution in [0.15, 0.2) is 4.90 Å². The van der Waals surface area contributed by atoms with Gasteiger partial charge in [-0.2, -0.15) is 9.40 Å². The number of likely N-dealkylation sites (N-methyl/N-ethyl adjacent to an activating group) is 2. The summed E-state index contributed by atoms with van der Waals surface area (Å²) in [5.41, 5.74) is 0.883. The smallest absolute Gasteiger partial charge is 0.246 e. The highest BCUT2D eigenvalue weighted by Gasteiger charge is 2.27. The predicted octanol–water partition coefficient (Wildman–Crippen LogP) is 0.639. The zero-order chi connectivity index (χ0) is 13.9. The minimum atomic E-state index is -3.54. The lowest BCUT2D eigenvalue weighted by molar-refractivity contribution is 0.358. The Balaban J connectivity index is 3.02. The molecule has 1 rings (SSSR count). The monoisotopic (exact) mass is 294 g/mol. The summed E-state index contributed by atoms with van der Waals surface area (Å²) in [7, 11) is 1.82. The van der Waals surface area contributed by atoms with E-state index in [9.17, 15) is 8.42 Å². The van der Waals surface area contributed by atoms with Crippen LogP contribution in [0.5, 0.6) is 0 Å². The summed E-state index contributed by atoms with van der Waals surface area (Å²) >= 11 is 5.71. The Morgan fingerprint density at radius 3 is 2.39 bits per heavy atom. The number of nitrogens with one attached hydrogen (secondary N) is 1. The average Bonchev–Trinajstić information content (AvgIpc) is 2.67. The molecule has 1 N–H and O–H groups in total. The van der Waals surface area contributed by atoms with Crippen molar-refractivity contribution in [3.8, 4) is 0 Å². The highest BCUT2D eigenvalue weighted by Crippen LogP contribution is 2.22. The van der Waals surface area contributed by atoms with Gasteiger partial charge < -0.3 is 4.90 Å². The van der Waals surface area contributed by atoms with Crippen LogP contribution in [-0.4, -0.2) is 62.1 Å². The Labute approximate surface area is 113 Å². The fourth-order valence-corrected chi connectivity index (χ4v) is 3.27. The number of sulfonamides is 1. The maximum atomic E-state index is 12.4. The Hall–Kier alpha value is -0.630. The maximum absolute atomic E-state index is 12.4. The Bertz CT molecular complexity index is 498. The summed E-state index contributed by atoms with van der Waals surface area (Å²) in [6.07, 6.45) is 0. The van der Waals surface area contributed by atoms with Gasteiger partial charge in [-0.05, 0) is 21.0 Å². The normalized spacial score (nSPS) is 12.6. The molecule has 0 atom stereocenters. The maximum Gasteiger partial charge on any atom is 0.246 e. The highest BCUT2D eigenvalue weighted by molar-refractivity contribution is 7.89. The van der Waals surface area contributed by atoms with Gasteiger partial charge in [-0.3, -0.25) is 5.10 Å². The van der Waals surface area contributed by atoms with E-state index in [1.54, 1.807) is 14.0 Å². The molecule has 0 saturated heterocycles. The minimum Gasteiger partial charge on any atom is -0.308 e. The van der Waals surface area contributed by atoms with Crippen molar-refractivity contribution in [1.82, 2.24) is 19.4 Å². The van der Waals surface area contributed by atoms with Gasteiger partial charge in [0.25, 0.3) is 0 Å². The molecule has 0 radical (unpaired) electrons. The fourth-order valence-electron chi connectivity index (χ4n) is 1.52. The number of nitrogens with zero attached hydrogens (tertiary/aromatic N) is 3. The minimum absolute atomic E-state index is 0.0699. The quantitative estimate of drug-likeness (QED) is 0.782. The molecular formula is C10H19ClN4O2S. The second-order valence-electron chi connectivity index (χ2n) is 4.39. The van der Waals surface area contributed by atoms with Crippen LogP contribution in [-0.2, 0) is 15.9 Å². The molecule has 6 nitrogen and oxygen atoms in total. The molecule has 0 unspecified atom stereocenters. The molecule has 0 amide bonds. The van der Waals surface area contributed by atoms with E-state index in [0.29, 0.717) is 24.5 Å². The predicted molar refractivity (Wildman–Crippen MR) is 71.3 cm³/mol. The van der Waals surface area contributed by atoms with E-state index in [2.05, 4.69) is 10.2 Å². The van der Waals surface area contributed by atoms with E-state index in [-0.39, 0.29) is 10.8 Å². The summed E-state index contributed by atoms with van der Waals surface area (Å²) in [5, 5.41) is 6.57. The molecule has 1 aromatic rings. The molecule has 0 saturated carbocycles. The first-order chi connectivity index (χ1) is 8.30. The van der Waals surface area contributed by atoms with Crippen LogP contribution in [0.3, 0.4) is 0 Å². The van der Waals surface area contributed by atoms with Gasteiger partial charge in [0.1, 0.15) is 4.90 Å². The third-order valence-corrected chi connectivity index (χ3v) is 4.93. The van der Waals surface area contributed by atoms with Crippen molar-refractivity contribution in [1.29, 1.82) is 0 Å². The van der Waals surface area contributed by atoms with E-state index in [0.717, 1.165) is 0 Å². The molecule has 0 aliphatic carbocycles. The van der Waals surface area contributed by atoms with E-state index < -0.39 is 10.0 Å². The molecular weight excluding hydrogens is 276 g/mol. The Kier molecular flexibility index (Phi) is 5.15. The van der Waals surface area contributed by atoms with Crippen molar-refractivity contribution in [2.45, 2.75) is 17.7 Å². The van der Waals surface area contributed by atoms with Crippen molar-refractivity contribution in [3.05, 3.63) is 11.4 Å². The summed E-state index contributed by atoms with van der Waals surface area (Å²) in [5.74, 6) is 0.0699. The molecule has 1 aromatic heterocycles. The molecule has 1 heterocycles. The van der Waals surface area contributed by atoms with Crippen LogP contribution in [0, 0.1) is 6.92 Å². The van der Waals surface area contributed by atoms with Gasteiger partial charge in [0.2, 0.25) is 10.0 Å². The molecule has 0 fully saturated rings. The lowest BCUT2D eigenvalue weighted by Gasteiger charge is -2.19. The number of aromatic amines is 1. The van der Waals surface area contributed by atoms with Crippen LogP contribution in [0.25, 0.3) is 0 Å². The summed E-state index contributed by atoms with van der Waals surface area (Å²) in [6.45, 7) is 2.75. The van der Waals surface area contributed by atoms with Gasteiger partial charge >= 0.3 is 0 Å². The molecule has 104 valence electrons. The number of H-pyrrole nitrogens is 1. The first-order valence-electron chi connectivity index (χ1n) is 5.51. The van der Waals surface area contributed by atoms with E-state index >= 15 is 0 Å². The number of hydrogen-bond donors (Lipinski definition) is 1. The Morgan fingerprint density at radius 2 is 1.89 bits per heavy atom. The van der Waals surface area contributed by atoms with Crippen LogP contribution in [0.1, 0.15) is 11.4 Å². The van der Waals surface area contributed by atoms with Gasteiger partial charge in [-0.15, -0.1) is 11.6 Å². The number of halogens is 1. The number of rotatable bonds is 6. The SMILES string of the molecule is Cc1[nH]nc(CCl)c1S(=O)(=O)N(C)CCN(C)C. The van der Waals surface area contributed by atoms with E-state index in [4.69, 9.17) is 11.6 Å².